The van der Waals surface area contributed by atoms with Crippen LogP contribution in [0.25, 0.3) is 201 Å². The minimum Gasteiger partial charge on any atom is -0.308 e. The van der Waals surface area contributed by atoms with Crippen LogP contribution in [0.2, 0.25) is 0 Å². The van der Waals surface area contributed by atoms with Crippen molar-refractivity contribution in [2.45, 2.75) is 47.0 Å². The predicted molar refractivity (Wildman–Crippen MR) is 513 cm³/mol. The third-order valence-corrected chi connectivity index (χ3v) is 23.9. The maximum Gasteiger partial charge on any atom is 0.416 e. The fraction of sp³-hybridized carbons (Fsp3) is 0.0609. The third-order valence-electron chi connectivity index (χ3n) is 23.9. The number of fused-ring (bicyclic) bond motifs is 6. The highest BCUT2D eigenvalue weighted by atomic mass is 19.4. The van der Waals surface area contributed by atoms with Crippen LogP contribution in [0.4, 0.5) is 26.3 Å². The second-order valence-electron chi connectivity index (χ2n) is 32.8. The van der Waals surface area contributed by atoms with E-state index in [1.165, 1.54) is 16.7 Å². The van der Waals surface area contributed by atoms with Crippen LogP contribution >= 0.6 is 0 Å². The topological polar surface area (TPSA) is 87.2 Å². The minimum absolute atomic E-state index is 0.429. The average Bonchev–Trinajstić information content (AvgIpc) is 1.59. The summed E-state index contributed by atoms with van der Waals surface area (Å²) in [7, 11) is 0. The molecule has 17 aromatic carbocycles. The minimum atomic E-state index is -4.51. The molecule has 0 unspecified atom stereocenters. The van der Waals surface area contributed by atoms with Crippen LogP contribution in [0.1, 0.15) is 38.9 Å². The van der Waals surface area contributed by atoms with Crippen molar-refractivity contribution in [1.82, 2.24) is 39.0 Å². The smallest absolute Gasteiger partial charge is 0.308 e. The molecule has 129 heavy (non-hydrogen) atoms. The van der Waals surface area contributed by atoms with Crippen molar-refractivity contribution in [3.8, 4) is 158 Å². The van der Waals surface area contributed by atoms with E-state index in [1.807, 2.05) is 153 Å². The molecule has 4 heterocycles. The lowest BCUT2D eigenvalue weighted by Crippen LogP contribution is -2.05. The summed E-state index contributed by atoms with van der Waals surface area (Å²) in [6, 6.07) is 129. The normalized spacial score (nSPS) is 11.7. The maximum absolute atomic E-state index is 14.3. The average molecular weight is 1690 g/mol. The summed E-state index contributed by atoms with van der Waals surface area (Å²) in [5.41, 5.74) is 27.2. The van der Waals surface area contributed by atoms with Crippen LogP contribution in [-0.2, 0) is 12.4 Å². The molecular weight excluding hydrogens is 1610 g/mol. The Morgan fingerprint density at radius 2 is 0.388 bits per heavy atom. The van der Waals surface area contributed by atoms with Crippen molar-refractivity contribution >= 4 is 43.6 Å². The Morgan fingerprint density at radius 3 is 0.651 bits per heavy atom. The van der Waals surface area contributed by atoms with E-state index in [9.17, 15) is 26.3 Å². The quantitative estimate of drug-likeness (QED) is 0.0951. The number of benzene rings is 17. The zero-order chi connectivity index (χ0) is 88.2. The fourth-order valence-corrected chi connectivity index (χ4v) is 17.2. The highest BCUT2D eigenvalue weighted by molar-refractivity contribution is 6.14. The van der Waals surface area contributed by atoms with Crippen molar-refractivity contribution in [2.24, 2.45) is 0 Å². The summed E-state index contributed by atoms with van der Waals surface area (Å²) in [5.74, 6) is 2.89. The van der Waals surface area contributed by atoms with E-state index in [-0.39, 0.29) is 0 Å². The Bertz CT molecular complexity index is 7550. The Kier molecular flexibility index (Phi) is 21.3. The lowest BCUT2D eigenvalue weighted by molar-refractivity contribution is -0.138. The highest BCUT2D eigenvalue weighted by Gasteiger charge is 2.33. The second kappa shape index (κ2) is 33.8. The number of rotatable bonds is 15. The molecule has 21 aromatic rings. The zero-order valence-corrected chi connectivity index (χ0v) is 70.9. The molecule has 0 spiro atoms. The summed E-state index contributed by atoms with van der Waals surface area (Å²) in [6.07, 6.45) is -9.01. The molecule has 0 bridgehead atoms. The number of aryl methyl sites for hydroxylation is 5. The first kappa shape index (κ1) is 81.3. The molecule has 8 nitrogen and oxygen atoms in total. The molecule has 0 amide bonds. The maximum atomic E-state index is 14.3. The zero-order valence-electron chi connectivity index (χ0n) is 70.9. The number of hydrogen-bond donors (Lipinski definition) is 0. The van der Waals surface area contributed by atoms with E-state index in [2.05, 4.69) is 237 Å². The van der Waals surface area contributed by atoms with Crippen molar-refractivity contribution in [2.75, 3.05) is 0 Å². The third kappa shape index (κ3) is 16.3. The van der Waals surface area contributed by atoms with Crippen LogP contribution in [0.15, 0.2) is 394 Å². The molecule has 0 aliphatic carbocycles. The molecule has 0 aliphatic rings. The van der Waals surface area contributed by atoms with Gasteiger partial charge in [-0.2, -0.15) is 26.3 Å². The standard InChI is InChI=1S/C61H43F3N4.C54H37F3N4/c1-38-14-20-41(21-15-38)47-28-32-55-53(34-47)54-35-48(42-22-16-39(2)17-23-42)29-33-56(54)68(55)57-51(43-24-18-40(3)19-25-43)36-49(37-52(57)44-26-30-50(31-27-44)61(62,63)64)60-66-58(45-10-6-4-7-11-45)65-59(67-60)46-12-8-5-9-13-46;1-34-17-21-36(22-18-34)41-27-30-49-47(31-41)44-15-9-10-16-48(44)61(49)50-45(37-23-19-35(2)20-24-37)32-42(33-46(50)38-25-28-43(29-26-38)54(55,56)57)53-59-51(39-11-5-3-6-12-39)58-52(60-53)40-13-7-4-8-14-40/h4-37H,1-3H3;3-33H,1-2H3. The van der Waals surface area contributed by atoms with E-state index >= 15 is 0 Å². The van der Waals surface area contributed by atoms with Gasteiger partial charge in [0.25, 0.3) is 0 Å². The Morgan fingerprint density at radius 1 is 0.178 bits per heavy atom. The number of nitrogens with zero attached hydrogens (tertiary/aromatic N) is 8. The van der Waals surface area contributed by atoms with Gasteiger partial charge in [-0.25, -0.2) is 29.9 Å². The van der Waals surface area contributed by atoms with Crippen LogP contribution in [0, 0.1) is 34.6 Å². The molecule has 0 radical (unpaired) electrons. The van der Waals surface area contributed by atoms with Gasteiger partial charge in [-0.15, -0.1) is 0 Å². The van der Waals surface area contributed by atoms with E-state index in [0.29, 0.717) is 62.8 Å². The molecular formula is C115H80F6N8. The predicted octanol–water partition coefficient (Wildman–Crippen LogP) is 31.2. The van der Waals surface area contributed by atoms with Gasteiger partial charge in [0.05, 0.1) is 44.6 Å². The molecule has 622 valence electrons. The van der Waals surface area contributed by atoms with Gasteiger partial charge in [-0.3, -0.25) is 0 Å². The molecule has 0 N–H and O–H groups in total. The molecule has 4 aromatic heterocycles. The molecule has 0 atom stereocenters. The Hall–Kier alpha value is -16.1. The van der Waals surface area contributed by atoms with E-state index in [0.717, 1.165) is 174 Å². The van der Waals surface area contributed by atoms with Crippen molar-refractivity contribution in [3.05, 3.63) is 433 Å². The first-order chi connectivity index (χ1) is 62.7. The Balaban J connectivity index is 0.000000163. The summed E-state index contributed by atoms with van der Waals surface area (Å²) < 4.78 is 89.6. The monoisotopic (exact) mass is 1690 g/mol. The van der Waals surface area contributed by atoms with Gasteiger partial charge in [0, 0.05) is 77.2 Å². The van der Waals surface area contributed by atoms with Gasteiger partial charge in [0.15, 0.2) is 34.9 Å². The SMILES string of the molecule is Cc1ccc(-c2ccc3c(c2)c2cc(-c4ccc(C)cc4)ccc2n3-c2c(-c3ccc(C)cc3)cc(-c3nc(-c4ccccc4)nc(-c4ccccc4)n3)cc2-c2ccc(C(F)(F)F)cc2)cc1.Cc1ccc(-c2ccc3c(c2)c2ccccc2n3-c2c(-c3ccc(C)cc3)cc(-c3nc(-c4ccccc4)nc(-c4ccccc4)n3)cc2-c2ccc(C(F)(F)F)cc2)cc1. The number of aromatic nitrogens is 8. The van der Waals surface area contributed by atoms with Crippen molar-refractivity contribution in [3.63, 3.8) is 0 Å². The number of halogens is 6. The summed E-state index contributed by atoms with van der Waals surface area (Å²) >= 11 is 0. The van der Waals surface area contributed by atoms with Gasteiger partial charge in [0.1, 0.15) is 0 Å². The molecule has 0 saturated heterocycles. The summed E-state index contributed by atoms with van der Waals surface area (Å²) in [4.78, 5) is 30.3. The number of para-hydroxylation sites is 1. The first-order valence-electron chi connectivity index (χ1n) is 42.7. The van der Waals surface area contributed by atoms with Crippen LogP contribution < -0.4 is 0 Å². The molecule has 21 rings (SSSR count). The van der Waals surface area contributed by atoms with Crippen LogP contribution in [-0.4, -0.2) is 39.0 Å². The van der Waals surface area contributed by atoms with Crippen molar-refractivity contribution in [1.29, 1.82) is 0 Å². The molecule has 0 saturated carbocycles. The summed E-state index contributed by atoms with van der Waals surface area (Å²) in [5, 5.41) is 4.20. The lowest BCUT2D eigenvalue weighted by atomic mass is 9.91. The van der Waals surface area contributed by atoms with Gasteiger partial charge >= 0.3 is 12.4 Å². The van der Waals surface area contributed by atoms with E-state index < -0.39 is 23.5 Å². The number of hydrogen-bond acceptors (Lipinski definition) is 6. The van der Waals surface area contributed by atoms with Gasteiger partial charge < -0.3 is 9.13 Å². The highest BCUT2D eigenvalue weighted by Crippen LogP contribution is 2.49. The molecule has 0 aliphatic heterocycles. The van der Waals surface area contributed by atoms with Gasteiger partial charge in [0.2, 0.25) is 0 Å². The largest absolute Gasteiger partial charge is 0.416 e. The van der Waals surface area contributed by atoms with Gasteiger partial charge in [-0.05, 0) is 181 Å². The first-order valence-corrected chi connectivity index (χ1v) is 42.7. The van der Waals surface area contributed by atoms with Crippen molar-refractivity contribution < 1.29 is 26.3 Å². The van der Waals surface area contributed by atoms with Gasteiger partial charge in [-0.1, -0.05) is 331 Å². The summed E-state index contributed by atoms with van der Waals surface area (Å²) in [6.45, 7) is 10.4. The van der Waals surface area contributed by atoms with E-state index in [4.69, 9.17) is 29.9 Å². The van der Waals surface area contributed by atoms with Crippen LogP contribution in [0.3, 0.4) is 0 Å². The Labute approximate surface area is 742 Å². The molecule has 0 fully saturated rings. The lowest BCUT2D eigenvalue weighted by Gasteiger charge is -2.21. The van der Waals surface area contributed by atoms with Crippen LogP contribution in [0.5, 0.6) is 0 Å². The second-order valence-corrected chi connectivity index (χ2v) is 32.8. The fourth-order valence-electron chi connectivity index (χ4n) is 17.2. The van der Waals surface area contributed by atoms with E-state index in [1.54, 1.807) is 24.3 Å². The molecule has 14 heteroatoms. The number of alkyl halides is 6.